The minimum absolute atomic E-state index is 0.0783. The van der Waals surface area contributed by atoms with Gasteiger partial charge >= 0.3 is 0 Å². The zero-order valence-electron chi connectivity index (χ0n) is 17.5. The smallest absolute Gasteiger partial charge is 0.239 e. The molecule has 2 aromatic rings. The van der Waals surface area contributed by atoms with Gasteiger partial charge in [-0.1, -0.05) is 24.3 Å². The first kappa shape index (κ1) is 20.5. The Morgan fingerprint density at radius 2 is 1.71 bits per heavy atom. The lowest BCUT2D eigenvalue weighted by molar-refractivity contribution is -0.254. The van der Waals surface area contributed by atoms with Gasteiger partial charge in [-0.15, -0.1) is 0 Å². The monoisotopic (exact) mass is 422 g/mol. The molecule has 0 unspecified atom stereocenters. The fraction of sp³-hybridized carbons (Fsp3) is 0.167. The molecule has 0 saturated heterocycles. The maximum atomic E-state index is 14.9. The summed E-state index contributed by atoms with van der Waals surface area (Å²) in [5.74, 6) is -2.06. The highest BCUT2D eigenvalue weighted by atomic mass is 19.1. The van der Waals surface area contributed by atoms with Crippen molar-refractivity contribution in [3.05, 3.63) is 71.1 Å². The van der Waals surface area contributed by atoms with Crippen molar-refractivity contribution in [1.82, 2.24) is 4.58 Å². The van der Waals surface area contributed by atoms with Crippen molar-refractivity contribution in [1.29, 1.82) is 0 Å². The second-order valence-electron chi connectivity index (χ2n) is 7.70. The van der Waals surface area contributed by atoms with Gasteiger partial charge in [0, 0.05) is 42.2 Å². The number of carboxylic acid groups (broad SMARTS) is 1. The normalized spacial score (nSPS) is 11.2. The number of carboxylic acids is 1. The van der Waals surface area contributed by atoms with Crippen molar-refractivity contribution in [3.63, 3.8) is 0 Å². The zero-order chi connectivity index (χ0) is 22.4. The first-order chi connectivity index (χ1) is 14.7. The van der Waals surface area contributed by atoms with E-state index >= 15 is 0 Å². The Morgan fingerprint density at radius 3 is 2.35 bits per heavy atom. The molecule has 31 heavy (non-hydrogen) atoms. The number of hydrogen-bond donors (Lipinski definition) is 0. The molecule has 0 saturated carbocycles. The molecule has 0 amide bonds. The third-order valence-corrected chi connectivity index (χ3v) is 5.24. The third-order valence-electron chi connectivity index (χ3n) is 5.24. The molecule has 7 heteroatoms. The Bertz CT molecular complexity index is 1390. The molecule has 2 aromatic carbocycles. The van der Waals surface area contributed by atoms with Crippen LogP contribution in [0.4, 0.5) is 14.5 Å². The molecule has 0 radical (unpaired) electrons. The molecule has 1 aliphatic heterocycles. The number of aromatic carboxylic acids is 1. The SMILES string of the molecule is CN(C)c1cc2oc3cc(=[N+](C)C)c(F)cc-3c(-c3ccccc3C(=O)[O-])c2cc1F. The molecule has 2 aliphatic rings. The van der Waals surface area contributed by atoms with Gasteiger partial charge in [0.25, 0.3) is 0 Å². The Morgan fingerprint density at radius 1 is 1.00 bits per heavy atom. The predicted molar refractivity (Wildman–Crippen MR) is 114 cm³/mol. The van der Waals surface area contributed by atoms with Gasteiger partial charge in [0.1, 0.15) is 31.3 Å². The van der Waals surface area contributed by atoms with Crippen LogP contribution in [0.25, 0.3) is 33.4 Å². The van der Waals surface area contributed by atoms with E-state index in [1.807, 2.05) is 0 Å². The van der Waals surface area contributed by atoms with Gasteiger partial charge in [0.2, 0.25) is 5.36 Å². The molecule has 0 aromatic heterocycles. The molecule has 5 nitrogen and oxygen atoms in total. The number of nitrogens with zero attached hydrogens (tertiary/aromatic N) is 2. The van der Waals surface area contributed by atoms with Crippen molar-refractivity contribution in [2.75, 3.05) is 33.1 Å². The van der Waals surface area contributed by atoms with Crippen molar-refractivity contribution < 1.29 is 23.1 Å². The number of benzene rings is 3. The maximum absolute atomic E-state index is 14.9. The van der Waals surface area contributed by atoms with Crippen molar-refractivity contribution >= 4 is 22.6 Å². The van der Waals surface area contributed by atoms with Crippen LogP contribution in [0.2, 0.25) is 0 Å². The largest absolute Gasteiger partial charge is 0.545 e. The van der Waals surface area contributed by atoms with E-state index in [0.717, 1.165) is 0 Å². The fourth-order valence-electron chi connectivity index (χ4n) is 3.76. The predicted octanol–water partition coefficient (Wildman–Crippen LogP) is 2.94. The van der Waals surface area contributed by atoms with Gasteiger partial charge < -0.3 is 19.2 Å². The average Bonchev–Trinajstić information content (AvgIpc) is 2.71. The van der Waals surface area contributed by atoms with Gasteiger partial charge in [0.05, 0.1) is 17.7 Å². The summed E-state index contributed by atoms with van der Waals surface area (Å²) in [7, 11) is 6.82. The summed E-state index contributed by atoms with van der Waals surface area (Å²) < 4.78 is 37.4. The summed E-state index contributed by atoms with van der Waals surface area (Å²) in [6, 6.07) is 11.9. The molecule has 1 heterocycles. The average molecular weight is 422 g/mol. The number of halogens is 2. The highest BCUT2D eigenvalue weighted by Crippen LogP contribution is 2.42. The zero-order valence-corrected chi connectivity index (χ0v) is 17.5. The van der Waals surface area contributed by atoms with E-state index in [9.17, 15) is 18.7 Å². The van der Waals surface area contributed by atoms with Crippen molar-refractivity contribution in [2.24, 2.45) is 0 Å². The van der Waals surface area contributed by atoms with Crippen LogP contribution in [0.15, 0.2) is 52.9 Å². The summed E-state index contributed by atoms with van der Waals surface area (Å²) in [5, 5.41) is 12.4. The Kier molecular flexibility index (Phi) is 4.97. The Labute approximate surface area is 177 Å². The van der Waals surface area contributed by atoms with Crippen LogP contribution in [0.3, 0.4) is 0 Å². The van der Waals surface area contributed by atoms with Crippen LogP contribution in [-0.4, -0.2) is 34.2 Å². The van der Waals surface area contributed by atoms with Crippen LogP contribution in [-0.2, 0) is 0 Å². The number of anilines is 1. The molecule has 0 bridgehead atoms. The number of carbonyl (C=O) groups excluding carboxylic acids is 1. The molecule has 0 fully saturated rings. The summed E-state index contributed by atoms with van der Waals surface area (Å²) in [5.41, 5.74) is 1.57. The van der Waals surface area contributed by atoms with Gasteiger partial charge in [-0.05, 0) is 17.7 Å². The van der Waals surface area contributed by atoms with E-state index in [-0.39, 0.29) is 5.56 Å². The van der Waals surface area contributed by atoms with Gasteiger partial charge in [-0.3, -0.25) is 0 Å². The molecule has 0 spiro atoms. The molecule has 1 aliphatic carbocycles. The van der Waals surface area contributed by atoms with Crippen molar-refractivity contribution in [2.45, 2.75) is 0 Å². The standard InChI is InChI=1S/C24H20F2N2O3/c1-27(2)19-11-21-15(9-17(19)25)23(13-7-5-6-8-14(13)24(29)30)16-10-18(26)20(28(3)4)12-22(16)31-21/h5-12H,1-4H3. The van der Waals surface area contributed by atoms with Gasteiger partial charge in [-0.2, -0.15) is 4.39 Å². The van der Waals surface area contributed by atoms with E-state index in [4.69, 9.17) is 4.42 Å². The lowest BCUT2D eigenvalue weighted by Crippen LogP contribution is -2.25. The minimum Gasteiger partial charge on any atom is -0.545 e. The number of hydrogen-bond acceptors (Lipinski definition) is 4. The topological polar surface area (TPSA) is 59.5 Å². The first-order valence-corrected chi connectivity index (χ1v) is 9.57. The van der Waals surface area contributed by atoms with Crippen LogP contribution in [0, 0.1) is 11.6 Å². The molecule has 0 atom stereocenters. The Hall–Kier alpha value is -3.74. The van der Waals surface area contributed by atoms with Gasteiger partial charge in [0.15, 0.2) is 5.82 Å². The first-order valence-electron chi connectivity index (χ1n) is 9.57. The quantitative estimate of drug-likeness (QED) is 0.376. The third kappa shape index (κ3) is 3.42. The molecular formula is C24H20F2N2O3. The molecule has 158 valence electrons. The number of carbonyl (C=O) groups is 1. The van der Waals surface area contributed by atoms with Crippen LogP contribution in [0.5, 0.6) is 0 Å². The molecule has 0 N–H and O–H groups in total. The lowest BCUT2D eigenvalue weighted by atomic mass is 9.90. The van der Waals surface area contributed by atoms with E-state index in [0.29, 0.717) is 44.5 Å². The highest BCUT2D eigenvalue weighted by molar-refractivity contribution is 6.07. The van der Waals surface area contributed by atoms with E-state index in [2.05, 4.69) is 0 Å². The van der Waals surface area contributed by atoms with E-state index in [1.54, 1.807) is 68.0 Å². The summed E-state index contributed by atoms with van der Waals surface area (Å²) in [6.45, 7) is 0. The van der Waals surface area contributed by atoms with E-state index in [1.165, 1.54) is 18.2 Å². The second-order valence-corrected chi connectivity index (χ2v) is 7.70. The summed E-state index contributed by atoms with van der Waals surface area (Å²) >= 11 is 0. The number of rotatable bonds is 3. The molecule has 4 rings (SSSR count). The Balaban J connectivity index is 2.26. The number of fused-ring (bicyclic) bond motifs is 2. The van der Waals surface area contributed by atoms with Crippen molar-refractivity contribution in [3.8, 4) is 22.5 Å². The maximum Gasteiger partial charge on any atom is 0.239 e. The fourth-order valence-corrected chi connectivity index (χ4v) is 3.76. The van der Waals surface area contributed by atoms with Crippen LogP contribution in [0.1, 0.15) is 10.4 Å². The second kappa shape index (κ2) is 7.50. The highest BCUT2D eigenvalue weighted by Gasteiger charge is 2.23. The lowest BCUT2D eigenvalue weighted by Gasteiger charge is -2.20. The molecular weight excluding hydrogens is 402 g/mol. The minimum atomic E-state index is -1.38. The van der Waals surface area contributed by atoms with E-state index < -0.39 is 17.6 Å². The van der Waals surface area contributed by atoms with Crippen LogP contribution < -0.4 is 19.9 Å². The summed E-state index contributed by atoms with van der Waals surface area (Å²) in [6.07, 6.45) is 0. The van der Waals surface area contributed by atoms with Crippen LogP contribution >= 0.6 is 0 Å². The van der Waals surface area contributed by atoms with Gasteiger partial charge in [-0.25, -0.2) is 8.97 Å². The summed E-state index contributed by atoms with van der Waals surface area (Å²) in [4.78, 5) is 13.4.